The molecule has 3 aromatic rings. The van der Waals surface area contributed by atoms with E-state index >= 15 is 0 Å². The molecule has 1 aliphatic carbocycles. The van der Waals surface area contributed by atoms with E-state index in [9.17, 15) is 18.4 Å². The number of carbonyl (C=O) groups excluding carboxylic acids is 1. The molecule has 154 valence electrons. The lowest BCUT2D eigenvalue weighted by molar-refractivity contribution is -0.121. The Morgan fingerprint density at radius 2 is 1.73 bits per heavy atom. The number of carbonyl (C=O) groups is 1. The Balaban J connectivity index is 1.77. The molecule has 7 nitrogen and oxygen atoms in total. The molecule has 0 radical (unpaired) electrons. The molecule has 1 amide bonds. The molecule has 2 aromatic heterocycles. The maximum Gasteiger partial charge on any atom is 0.268 e. The minimum absolute atomic E-state index is 0.137. The van der Waals surface area contributed by atoms with E-state index in [0.717, 1.165) is 18.2 Å². The van der Waals surface area contributed by atoms with Crippen molar-refractivity contribution in [1.29, 1.82) is 0 Å². The molecule has 0 unspecified atom stereocenters. The van der Waals surface area contributed by atoms with Crippen LogP contribution in [0.4, 0.5) is 14.7 Å². The smallest absolute Gasteiger partial charge is 0.268 e. The van der Waals surface area contributed by atoms with Crippen LogP contribution in [-0.4, -0.2) is 25.7 Å². The quantitative estimate of drug-likeness (QED) is 0.696. The largest absolute Gasteiger partial charge is 0.292 e. The molecule has 1 aromatic carbocycles. The van der Waals surface area contributed by atoms with Crippen LogP contribution < -0.4 is 10.9 Å². The van der Waals surface area contributed by atoms with Gasteiger partial charge in [0.05, 0.1) is 5.69 Å². The first-order valence-electron chi connectivity index (χ1n) is 9.50. The number of nitrogens with one attached hydrogen (secondary N) is 1. The Bertz CT molecular complexity index is 1150. The van der Waals surface area contributed by atoms with E-state index in [0.29, 0.717) is 24.1 Å². The zero-order valence-corrected chi connectivity index (χ0v) is 16.4. The molecule has 0 bridgehead atoms. The van der Waals surface area contributed by atoms with E-state index in [1.807, 2.05) is 13.8 Å². The lowest BCUT2D eigenvalue weighted by Gasteiger charge is -2.20. The highest BCUT2D eigenvalue weighted by Gasteiger charge is 2.54. The summed E-state index contributed by atoms with van der Waals surface area (Å²) in [5.41, 5.74) is -0.631. The molecule has 0 atom stereocenters. The monoisotopic (exact) mass is 411 g/mol. The van der Waals surface area contributed by atoms with E-state index in [-0.39, 0.29) is 17.4 Å². The number of nitrogens with zero attached hydrogens (tertiary/aromatic N) is 4. The molecule has 1 aliphatic rings. The molecule has 9 heteroatoms. The summed E-state index contributed by atoms with van der Waals surface area (Å²) in [7, 11) is 0. The molecule has 2 heterocycles. The van der Waals surface area contributed by atoms with Gasteiger partial charge in [0.15, 0.2) is 0 Å². The van der Waals surface area contributed by atoms with Gasteiger partial charge in [-0.2, -0.15) is 5.10 Å². The van der Waals surface area contributed by atoms with Gasteiger partial charge >= 0.3 is 0 Å². The average Bonchev–Trinajstić information content (AvgIpc) is 3.49. The SMILES string of the molecule is CC(C)c1nn(C2(C(=O)Nc3ncccn3)CC2)c(=O)cc1-c1cc(F)cc(F)c1. The van der Waals surface area contributed by atoms with E-state index < -0.39 is 28.6 Å². The first kappa shape index (κ1) is 19.8. The van der Waals surface area contributed by atoms with E-state index in [2.05, 4.69) is 20.4 Å². The van der Waals surface area contributed by atoms with Gasteiger partial charge in [-0.1, -0.05) is 13.8 Å². The second-order valence-corrected chi connectivity index (χ2v) is 7.56. The van der Waals surface area contributed by atoms with E-state index in [4.69, 9.17) is 0 Å². The average molecular weight is 411 g/mol. The number of benzene rings is 1. The molecule has 4 rings (SSSR count). The minimum Gasteiger partial charge on any atom is -0.292 e. The van der Waals surface area contributed by atoms with Crippen molar-refractivity contribution in [2.45, 2.75) is 38.1 Å². The highest BCUT2D eigenvalue weighted by atomic mass is 19.1. The maximum atomic E-state index is 13.7. The Morgan fingerprint density at radius 1 is 1.10 bits per heavy atom. The van der Waals surface area contributed by atoms with Gasteiger partial charge < -0.3 is 0 Å². The zero-order chi connectivity index (χ0) is 21.5. The van der Waals surface area contributed by atoms with Gasteiger partial charge in [-0.3, -0.25) is 14.9 Å². The Labute approximate surface area is 170 Å². The summed E-state index contributed by atoms with van der Waals surface area (Å²) in [6.07, 6.45) is 3.86. The van der Waals surface area contributed by atoms with Crippen LogP contribution in [0.25, 0.3) is 11.1 Å². The van der Waals surface area contributed by atoms with E-state index in [1.165, 1.54) is 23.1 Å². The third-order valence-electron chi connectivity index (χ3n) is 5.02. The number of anilines is 1. The van der Waals surface area contributed by atoms with Crippen molar-refractivity contribution in [2.75, 3.05) is 5.32 Å². The van der Waals surface area contributed by atoms with Crippen molar-refractivity contribution >= 4 is 11.9 Å². The maximum absolute atomic E-state index is 13.7. The van der Waals surface area contributed by atoms with Crippen molar-refractivity contribution in [2.24, 2.45) is 0 Å². The van der Waals surface area contributed by atoms with Gasteiger partial charge in [0.2, 0.25) is 5.95 Å². The van der Waals surface area contributed by atoms with Crippen LogP contribution in [0, 0.1) is 11.6 Å². The van der Waals surface area contributed by atoms with Crippen LogP contribution >= 0.6 is 0 Å². The molecule has 0 spiro atoms. The van der Waals surface area contributed by atoms with Gasteiger partial charge in [0, 0.05) is 30.1 Å². The van der Waals surface area contributed by atoms with Crippen molar-refractivity contribution < 1.29 is 13.6 Å². The van der Waals surface area contributed by atoms with E-state index in [1.54, 1.807) is 6.07 Å². The summed E-state index contributed by atoms with van der Waals surface area (Å²) >= 11 is 0. The highest BCUT2D eigenvalue weighted by molar-refractivity contribution is 5.97. The number of hydrogen-bond acceptors (Lipinski definition) is 5. The van der Waals surface area contributed by atoms with Crippen molar-refractivity contribution in [3.8, 4) is 11.1 Å². The summed E-state index contributed by atoms with van der Waals surface area (Å²) in [5.74, 6) is -1.94. The number of rotatable bonds is 5. The van der Waals surface area contributed by atoms with Crippen LogP contribution in [0.2, 0.25) is 0 Å². The van der Waals surface area contributed by atoms with Gasteiger partial charge in [-0.05, 0) is 42.5 Å². The van der Waals surface area contributed by atoms with Crippen LogP contribution in [0.1, 0.15) is 38.3 Å². The fraction of sp³-hybridized carbons (Fsp3) is 0.286. The highest BCUT2D eigenvalue weighted by Crippen LogP contribution is 2.43. The number of hydrogen-bond donors (Lipinski definition) is 1. The second-order valence-electron chi connectivity index (χ2n) is 7.56. The molecule has 1 fully saturated rings. The summed E-state index contributed by atoms with van der Waals surface area (Å²) < 4.78 is 28.6. The summed E-state index contributed by atoms with van der Waals surface area (Å²) in [6.45, 7) is 3.71. The lowest BCUT2D eigenvalue weighted by atomic mass is 9.98. The first-order valence-corrected chi connectivity index (χ1v) is 9.50. The third-order valence-corrected chi connectivity index (χ3v) is 5.02. The van der Waals surface area contributed by atoms with Gasteiger partial charge in [-0.25, -0.2) is 23.4 Å². The van der Waals surface area contributed by atoms with Crippen LogP contribution in [0.3, 0.4) is 0 Å². The molecular weight excluding hydrogens is 392 g/mol. The topological polar surface area (TPSA) is 89.8 Å². The standard InChI is InChI=1S/C21H19F2N5O2/c1-12(2)18-16(13-8-14(22)10-15(23)9-13)11-17(29)28(27-18)21(4-5-21)19(30)26-20-24-6-3-7-25-20/h3,6-12H,4-5H2,1-2H3,(H,24,25,26,30). The fourth-order valence-corrected chi connectivity index (χ4v) is 3.38. The molecule has 0 saturated heterocycles. The first-order chi connectivity index (χ1) is 14.3. The van der Waals surface area contributed by atoms with Crippen LogP contribution in [-0.2, 0) is 10.3 Å². The third kappa shape index (κ3) is 3.58. The number of amides is 1. The fourth-order valence-electron chi connectivity index (χ4n) is 3.38. The second kappa shape index (κ2) is 7.40. The molecule has 0 aliphatic heterocycles. The Hall–Kier alpha value is -3.49. The number of aromatic nitrogens is 4. The van der Waals surface area contributed by atoms with Gasteiger partial charge in [-0.15, -0.1) is 0 Å². The van der Waals surface area contributed by atoms with Crippen LogP contribution in [0.5, 0.6) is 0 Å². The zero-order valence-electron chi connectivity index (χ0n) is 16.4. The normalized spacial score (nSPS) is 14.6. The molecule has 30 heavy (non-hydrogen) atoms. The minimum atomic E-state index is -1.13. The van der Waals surface area contributed by atoms with Crippen molar-refractivity contribution in [3.05, 3.63) is 70.4 Å². The summed E-state index contributed by atoms with van der Waals surface area (Å²) in [6, 6.07) is 5.98. The predicted molar refractivity (Wildman–Crippen MR) is 106 cm³/mol. The molecule has 1 N–H and O–H groups in total. The molecular formula is C21H19F2N5O2. The van der Waals surface area contributed by atoms with Gasteiger partial charge in [0.25, 0.3) is 11.5 Å². The summed E-state index contributed by atoms with van der Waals surface area (Å²) in [4.78, 5) is 33.7. The summed E-state index contributed by atoms with van der Waals surface area (Å²) in [5, 5.41) is 7.08. The molecule has 1 saturated carbocycles. The lowest BCUT2D eigenvalue weighted by Crippen LogP contribution is -2.42. The predicted octanol–water partition coefficient (Wildman–Crippen LogP) is 3.23. The van der Waals surface area contributed by atoms with Crippen molar-refractivity contribution in [3.63, 3.8) is 0 Å². The van der Waals surface area contributed by atoms with Crippen molar-refractivity contribution in [1.82, 2.24) is 19.7 Å². The van der Waals surface area contributed by atoms with Gasteiger partial charge in [0.1, 0.15) is 17.2 Å². The van der Waals surface area contributed by atoms with Crippen LogP contribution in [0.15, 0.2) is 47.5 Å². The number of halogens is 2. The Morgan fingerprint density at radius 3 is 2.30 bits per heavy atom. The Kier molecular flexibility index (Phi) is 4.89.